The fraction of sp³-hybridized carbons (Fsp3) is 0.647. The number of fused-ring (bicyclic) bond motifs is 1. The molecule has 122 valence electrons. The van der Waals surface area contributed by atoms with E-state index in [0.717, 1.165) is 61.2 Å². The van der Waals surface area contributed by atoms with Gasteiger partial charge in [0.05, 0.1) is 13.2 Å². The van der Waals surface area contributed by atoms with Crippen molar-refractivity contribution in [3.63, 3.8) is 0 Å². The molecule has 0 saturated carbocycles. The molecule has 0 amide bonds. The summed E-state index contributed by atoms with van der Waals surface area (Å²) in [5.74, 6) is 1.59. The van der Waals surface area contributed by atoms with Crippen LogP contribution in [0.25, 0.3) is 0 Å². The van der Waals surface area contributed by atoms with Crippen molar-refractivity contribution in [1.82, 2.24) is 10.2 Å². The molecule has 0 spiro atoms. The van der Waals surface area contributed by atoms with Crippen molar-refractivity contribution in [1.29, 1.82) is 0 Å². The smallest absolute Gasteiger partial charge is 0.162 e. The molecular weight excluding hydrogens is 300 g/mol. The van der Waals surface area contributed by atoms with Crippen LogP contribution in [0.5, 0.6) is 11.5 Å². The largest absolute Gasteiger partial charge is 0.489 e. The van der Waals surface area contributed by atoms with Crippen LogP contribution in [-0.4, -0.2) is 50.8 Å². The zero-order valence-corrected chi connectivity index (χ0v) is 14.2. The fourth-order valence-corrected chi connectivity index (χ4v) is 3.04. The molecule has 22 heavy (non-hydrogen) atoms. The normalized spacial score (nSPS) is 21.4. The van der Waals surface area contributed by atoms with Gasteiger partial charge in [-0.1, -0.05) is 25.4 Å². The number of piperazine rings is 1. The van der Waals surface area contributed by atoms with E-state index in [4.69, 9.17) is 21.1 Å². The summed E-state index contributed by atoms with van der Waals surface area (Å²) in [6.07, 6.45) is 0.943. The Morgan fingerprint density at radius 2 is 1.77 bits per heavy atom. The van der Waals surface area contributed by atoms with E-state index in [9.17, 15) is 0 Å². The first kappa shape index (κ1) is 15.9. The lowest BCUT2D eigenvalue weighted by molar-refractivity contribution is 0.140. The second kappa shape index (κ2) is 6.65. The molecule has 0 radical (unpaired) electrons. The molecule has 1 aromatic carbocycles. The Labute approximate surface area is 137 Å². The maximum Gasteiger partial charge on any atom is 0.162 e. The quantitative estimate of drug-likeness (QED) is 0.926. The topological polar surface area (TPSA) is 33.7 Å². The number of ether oxygens (including phenoxy) is 2. The molecule has 0 atom stereocenters. The van der Waals surface area contributed by atoms with Gasteiger partial charge in [0.1, 0.15) is 0 Å². The van der Waals surface area contributed by atoms with Crippen LogP contribution < -0.4 is 14.8 Å². The number of nitrogens with zero attached hydrogens (tertiary/aromatic N) is 1. The Morgan fingerprint density at radius 3 is 2.45 bits per heavy atom. The number of benzene rings is 1. The Kier molecular flexibility index (Phi) is 4.81. The molecule has 2 heterocycles. The van der Waals surface area contributed by atoms with Crippen molar-refractivity contribution in [2.75, 3.05) is 45.9 Å². The van der Waals surface area contributed by atoms with Crippen LogP contribution >= 0.6 is 11.6 Å². The predicted octanol–water partition coefficient (Wildman–Crippen LogP) is 2.59. The summed E-state index contributed by atoms with van der Waals surface area (Å²) in [4.78, 5) is 2.47. The van der Waals surface area contributed by atoms with E-state index in [0.29, 0.717) is 13.2 Å². The third-order valence-electron chi connectivity index (χ3n) is 4.26. The minimum atomic E-state index is 0.0203. The molecule has 0 aromatic heterocycles. The zero-order valence-electron chi connectivity index (χ0n) is 13.5. The predicted molar refractivity (Wildman–Crippen MR) is 89.2 cm³/mol. The highest BCUT2D eigenvalue weighted by atomic mass is 35.5. The molecular formula is C17H25ClN2O2. The molecule has 1 fully saturated rings. The van der Waals surface area contributed by atoms with Crippen molar-refractivity contribution >= 4 is 11.6 Å². The summed E-state index contributed by atoms with van der Waals surface area (Å²) in [6, 6.07) is 3.96. The van der Waals surface area contributed by atoms with Gasteiger partial charge in [0.25, 0.3) is 0 Å². The Morgan fingerprint density at radius 1 is 1.14 bits per heavy atom. The first-order chi connectivity index (χ1) is 10.5. The van der Waals surface area contributed by atoms with Gasteiger partial charge in [-0.25, -0.2) is 0 Å². The maximum atomic E-state index is 6.44. The van der Waals surface area contributed by atoms with Gasteiger partial charge in [0.2, 0.25) is 0 Å². The van der Waals surface area contributed by atoms with Crippen molar-refractivity contribution in [3.05, 3.63) is 22.7 Å². The lowest BCUT2D eigenvalue weighted by atomic mass is 9.97. The highest BCUT2D eigenvalue weighted by molar-refractivity contribution is 6.31. The van der Waals surface area contributed by atoms with E-state index in [1.807, 2.05) is 6.07 Å². The summed E-state index contributed by atoms with van der Waals surface area (Å²) in [6.45, 7) is 11.0. The second-order valence-corrected chi connectivity index (χ2v) is 7.38. The SMILES string of the molecule is CC1(C)COc2cc(Cl)c(CCN3CCNCC3)cc2OC1. The molecule has 1 saturated heterocycles. The molecule has 0 bridgehead atoms. The van der Waals surface area contributed by atoms with Gasteiger partial charge >= 0.3 is 0 Å². The molecule has 2 aliphatic heterocycles. The monoisotopic (exact) mass is 324 g/mol. The van der Waals surface area contributed by atoms with Crippen LogP contribution in [0.2, 0.25) is 5.02 Å². The second-order valence-electron chi connectivity index (χ2n) is 6.97. The van der Waals surface area contributed by atoms with Crippen molar-refractivity contribution in [2.45, 2.75) is 20.3 Å². The lowest BCUT2D eigenvalue weighted by Crippen LogP contribution is -2.44. The third-order valence-corrected chi connectivity index (χ3v) is 4.61. The number of hydrogen-bond donors (Lipinski definition) is 1. The van der Waals surface area contributed by atoms with E-state index >= 15 is 0 Å². The molecule has 1 N–H and O–H groups in total. The van der Waals surface area contributed by atoms with Gasteiger partial charge in [-0.2, -0.15) is 0 Å². The molecule has 4 nitrogen and oxygen atoms in total. The molecule has 1 aromatic rings. The number of halogens is 1. The van der Waals surface area contributed by atoms with Crippen LogP contribution in [0.3, 0.4) is 0 Å². The summed E-state index contributed by atoms with van der Waals surface area (Å²) in [5.41, 5.74) is 1.16. The van der Waals surface area contributed by atoms with E-state index in [1.165, 1.54) is 0 Å². The molecule has 3 rings (SSSR count). The minimum absolute atomic E-state index is 0.0203. The third kappa shape index (κ3) is 3.86. The van der Waals surface area contributed by atoms with Crippen molar-refractivity contribution in [2.24, 2.45) is 5.41 Å². The average molecular weight is 325 g/mol. The van der Waals surface area contributed by atoms with Gasteiger partial charge < -0.3 is 19.7 Å². The van der Waals surface area contributed by atoms with Crippen LogP contribution in [0.4, 0.5) is 0 Å². The fourth-order valence-electron chi connectivity index (χ4n) is 2.80. The number of nitrogens with one attached hydrogen (secondary N) is 1. The molecule has 0 aliphatic carbocycles. The van der Waals surface area contributed by atoms with Gasteiger partial charge in [0, 0.05) is 49.2 Å². The average Bonchev–Trinajstić information content (AvgIpc) is 2.65. The van der Waals surface area contributed by atoms with E-state index in [-0.39, 0.29) is 5.41 Å². The highest BCUT2D eigenvalue weighted by Gasteiger charge is 2.26. The Bertz CT molecular complexity index is 528. The maximum absolute atomic E-state index is 6.44. The standard InChI is InChI=1S/C17H25ClN2O2/c1-17(2)11-21-15-9-13(14(18)10-16(15)22-12-17)3-6-20-7-4-19-5-8-20/h9-10,19H,3-8,11-12H2,1-2H3. The first-order valence-corrected chi connectivity index (χ1v) is 8.42. The molecule has 2 aliphatic rings. The summed E-state index contributed by atoms with van der Waals surface area (Å²) < 4.78 is 11.8. The lowest BCUT2D eigenvalue weighted by Gasteiger charge is -2.27. The van der Waals surface area contributed by atoms with E-state index in [1.54, 1.807) is 0 Å². The summed E-state index contributed by atoms with van der Waals surface area (Å²) >= 11 is 6.44. The van der Waals surface area contributed by atoms with Crippen LogP contribution in [0.15, 0.2) is 12.1 Å². The van der Waals surface area contributed by atoms with Crippen molar-refractivity contribution < 1.29 is 9.47 Å². The van der Waals surface area contributed by atoms with E-state index in [2.05, 4.69) is 30.1 Å². The van der Waals surface area contributed by atoms with Gasteiger partial charge in [0.15, 0.2) is 11.5 Å². The number of rotatable bonds is 3. The van der Waals surface area contributed by atoms with Crippen LogP contribution in [-0.2, 0) is 6.42 Å². The zero-order chi connectivity index (χ0) is 15.6. The van der Waals surface area contributed by atoms with E-state index < -0.39 is 0 Å². The van der Waals surface area contributed by atoms with Gasteiger partial charge in [-0.3, -0.25) is 0 Å². The summed E-state index contributed by atoms with van der Waals surface area (Å²) in [5, 5.41) is 4.15. The Balaban J connectivity index is 1.69. The van der Waals surface area contributed by atoms with Crippen LogP contribution in [0, 0.1) is 5.41 Å². The highest BCUT2D eigenvalue weighted by Crippen LogP contribution is 2.37. The van der Waals surface area contributed by atoms with Crippen molar-refractivity contribution in [3.8, 4) is 11.5 Å². The Hall–Kier alpha value is -0.970. The van der Waals surface area contributed by atoms with Crippen LogP contribution in [0.1, 0.15) is 19.4 Å². The molecule has 0 unspecified atom stereocenters. The minimum Gasteiger partial charge on any atom is -0.489 e. The summed E-state index contributed by atoms with van der Waals surface area (Å²) in [7, 11) is 0. The first-order valence-electron chi connectivity index (χ1n) is 8.05. The number of hydrogen-bond acceptors (Lipinski definition) is 4. The van der Waals surface area contributed by atoms with Gasteiger partial charge in [-0.05, 0) is 18.1 Å². The van der Waals surface area contributed by atoms with Gasteiger partial charge in [-0.15, -0.1) is 0 Å². The molecule has 5 heteroatoms.